The second-order valence-corrected chi connectivity index (χ2v) is 8.41. The summed E-state index contributed by atoms with van der Waals surface area (Å²) >= 11 is 1.58. The molecule has 3 aromatic carbocycles. The molecule has 31 heavy (non-hydrogen) atoms. The van der Waals surface area contributed by atoms with Crippen LogP contribution in [0.1, 0.15) is 28.9 Å². The first kappa shape index (κ1) is 22.6. The molecule has 0 aliphatic rings. The van der Waals surface area contributed by atoms with Crippen molar-refractivity contribution in [1.29, 1.82) is 0 Å². The van der Waals surface area contributed by atoms with E-state index in [2.05, 4.69) is 29.6 Å². The molecule has 1 N–H and O–H groups in total. The topological polar surface area (TPSA) is 49.4 Å². The van der Waals surface area contributed by atoms with Crippen molar-refractivity contribution in [1.82, 2.24) is 4.90 Å². The Kier molecular flexibility index (Phi) is 8.30. The molecule has 0 bridgehead atoms. The van der Waals surface area contributed by atoms with Crippen LogP contribution in [0, 0.1) is 0 Å². The molecule has 3 rings (SSSR count). The van der Waals surface area contributed by atoms with E-state index in [4.69, 9.17) is 0 Å². The number of carbonyl (C=O) groups excluding carboxylic acids is 2. The molecule has 0 saturated carbocycles. The molecule has 0 unspecified atom stereocenters. The third-order valence-corrected chi connectivity index (χ3v) is 6.35. The van der Waals surface area contributed by atoms with Gasteiger partial charge in [-0.05, 0) is 29.2 Å². The van der Waals surface area contributed by atoms with Gasteiger partial charge in [0.2, 0.25) is 11.8 Å². The van der Waals surface area contributed by atoms with Crippen LogP contribution >= 0.6 is 11.8 Å². The summed E-state index contributed by atoms with van der Waals surface area (Å²) in [6.45, 7) is 2.08. The monoisotopic (exact) mass is 432 g/mol. The molecule has 0 aliphatic heterocycles. The first-order chi connectivity index (χ1) is 15.1. The Morgan fingerprint density at radius 1 is 0.871 bits per heavy atom. The van der Waals surface area contributed by atoms with E-state index >= 15 is 0 Å². The lowest BCUT2D eigenvalue weighted by Crippen LogP contribution is -2.36. The molecule has 0 spiro atoms. The van der Waals surface area contributed by atoms with Crippen molar-refractivity contribution < 1.29 is 9.59 Å². The Hall–Kier alpha value is -3.05. The molecule has 0 fully saturated rings. The lowest BCUT2D eigenvalue weighted by Gasteiger charge is -2.21. The van der Waals surface area contributed by atoms with Gasteiger partial charge in [-0.2, -0.15) is 0 Å². The van der Waals surface area contributed by atoms with Gasteiger partial charge < -0.3 is 10.2 Å². The van der Waals surface area contributed by atoms with E-state index in [9.17, 15) is 9.59 Å². The molecule has 0 atom stereocenters. The van der Waals surface area contributed by atoms with Gasteiger partial charge in [0, 0.05) is 12.7 Å². The molecule has 0 saturated heterocycles. The second kappa shape index (κ2) is 11.4. The number of hydrogen-bond acceptors (Lipinski definition) is 3. The maximum Gasteiger partial charge on any atom is 0.243 e. The van der Waals surface area contributed by atoms with Crippen LogP contribution in [-0.4, -0.2) is 36.1 Å². The second-order valence-electron chi connectivity index (χ2n) is 7.32. The molecule has 4 nitrogen and oxygen atoms in total. The Morgan fingerprint density at radius 3 is 2.00 bits per heavy atom. The number of aryl methyl sites for hydroxylation is 1. The third kappa shape index (κ3) is 6.46. The Morgan fingerprint density at radius 2 is 1.42 bits per heavy atom. The van der Waals surface area contributed by atoms with Gasteiger partial charge >= 0.3 is 0 Å². The highest BCUT2D eigenvalue weighted by atomic mass is 32.2. The predicted molar refractivity (Wildman–Crippen MR) is 129 cm³/mol. The Bertz CT molecular complexity index is 953. The van der Waals surface area contributed by atoms with Crippen molar-refractivity contribution in [2.45, 2.75) is 18.6 Å². The van der Waals surface area contributed by atoms with E-state index in [1.165, 1.54) is 4.90 Å². The van der Waals surface area contributed by atoms with Crippen LogP contribution in [0.4, 0.5) is 5.69 Å². The van der Waals surface area contributed by atoms with E-state index in [0.29, 0.717) is 5.75 Å². The summed E-state index contributed by atoms with van der Waals surface area (Å²) < 4.78 is 0. The number of hydrogen-bond donors (Lipinski definition) is 1. The highest BCUT2D eigenvalue weighted by molar-refractivity contribution is 8.00. The standard InChI is InChI=1S/C26H28N2O2S/c1-3-20-12-10-11-17-23(20)27-24(29)18-28(2)25(30)19-31-26(21-13-6-4-7-14-21)22-15-8-5-9-16-22/h4-17,26H,3,18-19H2,1-2H3,(H,27,29). The van der Waals surface area contributed by atoms with E-state index in [1.54, 1.807) is 18.8 Å². The number of carbonyl (C=O) groups is 2. The average Bonchev–Trinajstić information content (AvgIpc) is 2.80. The van der Waals surface area contributed by atoms with Crippen LogP contribution in [0.2, 0.25) is 0 Å². The summed E-state index contributed by atoms with van der Waals surface area (Å²) in [4.78, 5) is 26.7. The molecule has 0 heterocycles. The van der Waals surface area contributed by atoms with Gasteiger partial charge in [0.25, 0.3) is 0 Å². The van der Waals surface area contributed by atoms with Gasteiger partial charge in [0.05, 0.1) is 17.5 Å². The molecule has 0 radical (unpaired) electrons. The number of nitrogens with one attached hydrogen (secondary N) is 1. The van der Waals surface area contributed by atoms with Gasteiger partial charge in [-0.15, -0.1) is 11.8 Å². The maximum atomic E-state index is 12.7. The zero-order valence-electron chi connectivity index (χ0n) is 18.0. The summed E-state index contributed by atoms with van der Waals surface area (Å²) in [6.07, 6.45) is 0.836. The van der Waals surface area contributed by atoms with Crippen LogP contribution in [0.15, 0.2) is 84.9 Å². The van der Waals surface area contributed by atoms with Crippen LogP contribution in [0.5, 0.6) is 0 Å². The fraction of sp³-hybridized carbons (Fsp3) is 0.231. The zero-order chi connectivity index (χ0) is 22.1. The molecule has 0 aromatic heterocycles. The van der Waals surface area contributed by atoms with Crippen LogP contribution in [-0.2, 0) is 16.0 Å². The van der Waals surface area contributed by atoms with Crippen molar-refractivity contribution in [3.8, 4) is 0 Å². The highest BCUT2D eigenvalue weighted by Crippen LogP contribution is 2.35. The number of thioether (sulfide) groups is 1. The molecule has 5 heteroatoms. The third-order valence-electron chi connectivity index (χ3n) is 5.06. The number of likely N-dealkylation sites (N-methyl/N-ethyl adjacent to an activating group) is 1. The first-order valence-electron chi connectivity index (χ1n) is 10.4. The lowest BCUT2D eigenvalue weighted by atomic mass is 10.0. The normalized spacial score (nSPS) is 10.7. The molecular weight excluding hydrogens is 404 g/mol. The summed E-state index contributed by atoms with van der Waals surface area (Å²) in [5.41, 5.74) is 4.19. The summed E-state index contributed by atoms with van der Waals surface area (Å²) in [6, 6.07) is 28.1. The number of amides is 2. The molecule has 3 aromatic rings. The predicted octanol–water partition coefficient (Wildman–Crippen LogP) is 5.17. The fourth-order valence-corrected chi connectivity index (χ4v) is 4.58. The Labute approximate surface area is 188 Å². The van der Waals surface area contributed by atoms with Crippen molar-refractivity contribution in [3.05, 3.63) is 102 Å². The summed E-state index contributed by atoms with van der Waals surface area (Å²) in [7, 11) is 1.67. The minimum Gasteiger partial charge on any atom is -0.336 e. The van der Waals surface area contributed by atoms with E-state index in [0.717, 1.165) is 28.8 Å². The van der Waals surface area contributed by atoms with Crippen LogP contribution in [0.3, 0.4) is 0 Å². The number of benzene rings is 3. The molecule has 2 amide bonds. The number of nitrogens with zero attached hydrogens (tertiary/aromatic N) is 1. The molecule has 0 aliphatic carbocycles. The SMILES string of the molecule is CCc1ccccc1NC(=O)CN(C)C(=O)CSC(c1ccccc1)c1ccccc1. The molecule has 160 valence electrons. The Balaban J connectivity index is 1.59. The number of para-hydroxylation sites is 1. The quantitative estimate of drug-likeness (QED) is 0.508. The summed E-state index contributed by atoms with van der Waals surface area (Å²) in [5, 5.41) is 2.98. The largest absolute Gasteiger partial charge is 0.336 e. The van der Waals surface area contributed by atoms with Gasteiger partial charge in [0.15, 0.2) is 0 Å². The van der Waals surface area contributed by atoms with E-state index in [1.807, 2.05) is 67.6 Å². The van der Waals surface area contributed by atoms with E-state index < -0.39 is 0 Å². The fourth-order valence-electron chi connectivity index (χ4n) is 3.35. The zero-order valence-corrected chi connectivity index (χ0v) is 18.8. The van der Waals surface area contributed by atoms with Crippen LogP contribution < -0.4 is 5.32 Å². The van der Waals surface area contributed by atoms with Gasteiger partial charge in [-0.3, -0.25) is 9.59 Å². The van der Waals surface area contributed by atoms with Crippen LogP contribution in [0.25, 0.3) is 0 Å². The lowest BCUT2D eigenvalue weighted by molar-refractivity contribution is -0.131. The van der Waals surface area contributed by atoms with Crippen molar-refractivity contribution in [2.75, 3.05) is 24.7 Å². The minimum absolute atomic E-state index is 0.0266. The van der Waals surface area contributed by atoms with Crippen molar-refractivity contribution >= 4 is 29.3 Å². The van der Waals surface area contributed by atoms with Gasteiger partial charge in [0.1, 0.15) is 0 Å². The average molecular weight is 433 g/mol. The molecular formula is C26H28N2O2S. The van der Waals surface area contributed by atoms with Crippen molar-refractivity contribution in [2.24, 2.45) is 0 Å². The highest BCUT2D eigenvalue weighted by Gasteiger charge is 2.19. The maximum absolute atomic E-state index is 12.7. The number of anilines is 1. The smallest absolute Gasteiger partial charge is 0.243 e. The van der Waals surface area contributed by atoms with Gasteiger partial charge in [-0.1, -0.05) is 85.8 Å². The number of rotatable bonds is 9. The minimum atomic E-state index is -0.190. The van der Waals surface area contributed by atoms with Gasteiger partial charge in [-0.25, -0.2) is 0 Å². The van der Waals surface area contributed by atoms with Crippen molar-refractivity contribution in [3.63, 3.8) is 0 Å². The summed E-state index contributed by atoms with van der Waals surface area (Å²) in [5.74, 6) is 0.0364. The first-order valence-corrected chi connectivity index (χ1v) is 11.5. The van der Waals surface area contributed by atoms with E-state index in [-0.39, 0.29) is 23.6 Å².